The number of aromatic nitrogens is 1. The lowest BCUT2D eigenvalue weighted by molar-refractivity contribution is -0.131. The lowest BCUT2D eigenvalue weighted by Crippen LogP contribution is -2.38. The van der Waals surface area contributed by atoms with Crippen LogP contribution < -0.4 is 14.8 Å². The zero-order valence-electron chi connectivity index (χ0n) is 20.4. The molecule has 1 N–H and O–H groups in total. The number of methoxy groups -OCH3 is 2. The fourth-order valence-corrected chi connectivity index (χ4v) is 4.59. The largest absolute Gasteiger partial charge is 0.494 e. The van der Waals surface area contributed by atoms with Crippen molar-refractivity contribution in [2.24, 2.45) is 0 Å². The van der Waals surface area contributed by atoms with Crippen LogP contribution in [0.2, 0.25) is 5.15 Å². The third kappa shape index (κ3) is 5.83. The number of benzene rings is 2. The van der Waals surface area contributed by atoms with Gasteiger partial charge in [-0.25, -0.2) is 13.8 Å². The van der Waals surface area contributed by atoms with E-state index in [0.29, 0.717) is 29.5 Å². The number of amides is 2. The quantitative estimate of drug-likeness (QED) is 0.424. The van der Waals surface area contributed by atoms with Crippen LogP contribution in [0, 0.1) is 11.6 Å². The first-order valence-corrected chi connectivity index (χ1v) is 12.1. The summed E-state index contributed by atoms with van der Waals surface area (Å²) >= 11 is 6.08. The summed E-state index contributed by atoms with van der Waals surface area (Å²) in [6.07, 6.45) is 3.38. The number of carbonyl (C=O) groups excluding carboxylic acids is 2. The van der Waals surface area contributed by atoms with Crippen LogP contribution in [0.1, 0.15) is 40.2 Å². The number of likely N-dealkylation sites (tertiary alicyclic amines) is 1. The molecule has 0 aliphatic carbocycles. The molecule has 3 aromatic rings. The van der Waals surface area contributed by atoms with Gasteiger partial charge in [0.05, 0.1) is 20.6 Å². The van der Waals surface area contributed by atoms with Gasteiger partial charge in [0.15, 0.2) is 23.1 Å². The second-order valence-corrected chi connectivity index (χ2v) is 9.00. The zero-order valence-corrected chi connectivity index (χ0v) is 21.1. The van der Waals surface area contributed by atoms with Crippen molar-refractivity contribution >= 4 is 29.1 Å². The summed E-state index contributed by atoms with van der Waals surface area (Å²) in [5.74, 6) is -3.52. The molecule has 2 amide bonds. The summed E-state index contributed by atoms with van der Waals surface area (Å²) in [5, 5.41) is 2.87. The lowest BCUT2D eigenvalue weighted by atomic mass is 9.89. The average molecular weight is 530 g/mol. The molecule has 0 unspecified atom stereocenters. The molecule has 1 fully saturated rings. The fourth-order valence-electron chi connectivity index (χ4n) is 4.41. The van der Waals surface area contributed by atoms with Crippen LogP contribution in [0.3, 0.4) is 0 Å². The van der Waals surface area contributed by atoms with Gasteiger partial charge in [0.25, 0.3) is 5.91 Å². The Morgan fingerprint density at radius 3 is 2.24 bits per heavy atom. The molecule has 1 aromatic heterocycles. The summed E-state index contributed by atoms with van der Waals surface area (Å²) in [5.41, 5.74) is 1.36. The van der Waals surface area contributed by atoms with Crippen LogP contribution >= 0.6 is 11.6 Å². The molecule has 1 saturated heterocycles. The summed E-state index contributed by atoms with van der Waals surface area (Å²) in [6.45, 7) is 1.24. The Kier molecular flexibility index (Phi) is 8.23. The molecule has 1 aliphatic rings. The first-order valence-electron chi connectivity index (χ1n) is 11.7. The Bertz CT molecular complexity index is 1270. The Balaban J connectivity index is 1.37. The average Bonchev–Trinajstić information content (AvgIpc) is 2.91. The number of pyridine rings is 1. The minimum atomic E-state index is -1.11. The van der Waals surface area contributed by atoms with Crippen molar-refractivity contribution < 1.29 is 27.8 Å². The molecule has 10 heteroatoms. The second-order valence-electron chi connectivity index (χ2n) is 8.65. The molecule has 194 valence electrons. The summed E-state index contributed by atoms with van der Waals surface area (Å²) < 4.78 is 39.0. The van der Waals surface area contributed by atoms with Gasteiger partial charge in [-0.15, -0.1) is 0 Å². The number of anilines is 1. The standard InChI is InChI=1S/C27H26ClF2N3O4/c1-36-20-15-21(37-2)25(30)23(24(20)29)27(35)32-19-7-5-16(6-8-19)17-9-12-33(13-10-17)22(34)14-18-4-3-11-31-26(18)28/h3-8,11,15,17H,9-10,12-14H2,1-2H3,(H,32,35). The second kappa shape index (κ2) is 11.6. The molecular formula is C27H26ClF2N3O4. The number of halogens is 3. The highest BCUT2D eigenvalue weighted by Gasteiger charge is 2.27. The molecule has 0 radical (unpaired) electrons. The summed E-state index contributed by atoms with van der Waals surface area (Å²) in [4.78, 5) is 31.2. The molecule has 37 heavy (non-hydrogen) atoms. The van der Waals surface area contributed by atoms with Gasteiger partial charge in [-0.2, -0.15) is 0 Å². The Morgan fingerprint density at radius 2 is 1.68 bits per heavy atom. The van der Waals surface area contributed by atoms with Crippen molar-refractivity contribution in [2.75, 3.05) is 32.6 Å². The van der Waals surface area contributed by atoms with E-state index in [0.717, 1.165) is 24.5 Å². The molecule has 4 rings (SSSR count). The fraction of sp³-hybridized carbons (Fsp3) is 0.296. The normalized spacial score (nSPS) is 13.8. The minimum absolute atomic E-state index is 0.0139. The molecule has 1 aliphatic heterocycles. The monoisotopic (exact) mass is 529 g/mol. The Morgan fingerprint density at radius 1 is 1.05 bits per heavy atom. The van der Waals surface area contributed by atoms with Crippen LogP contribution in [-0.4, -0.2) is 49.0 Å². The number of piperidine rings is 1. The van der Waals surface area contributed by atoms with Crippen molar-refractivity contribution in [1.29, 1.82) is 0 Å². The van der Waals surface area contributed by atoms with Crippen LogP contribution in [0.25, 0.3) is 0 Å². The van der Waals surface area contributed by atoms with Gasteiger partial charge in [0, 0.05) is 31.0 Å². The van der Waals surface area contributed by atoms with E-state index in [2.05, 4.69) is 10.3 Å². The number of carbonyl (C=O) groups is 2. The number of hydrogen-bond acceptors (Lipinski definition) is 5. The number of ether oxygens (including phenoxy) is 2. The van der Waals surface area contributed by atoms with Gasteiger partial charge in [-0.1, -0.05) is 29.8 Å². The highest BCUT2D eigenvalue weighted by molar-refractivity contribution is 6.30. The van der Waals surface area contributed by atoms with Crippen LogP contribution in [0.5, 0.6) is 11.5 Å². The van der Waals surface area contributed by atoms with E-state index in [1.165, 1.54) is 14.2 Å². The maximum Gasteiger partial charge on any atom is 0.261 e. The highest BCUT2D eigenvalue weighted by atomic mass is 35.5. The van der Waals surface area contributed by atoms with Crippen molar-refractivity contribution in [3.05, 3.63) is 82.1 Å². The summed E-state index contributed by atoms with van der Waals surface area (Å²) in [7, 11) is 2.43. The molecule has 0 saturated carbocycles. The molecule has 7 nitrogen and oxygen atoms in total. The number of rotatable bonds is 7. The maximum atomic E-state index is 14.6. The third-order valence-electron chi connectivity index (χ3n) is 6.47. The first kappa shape index (κ1) is 26.3. The zero-order chi connectivity index (χ0) is 26.5. The molecular weight excluding hydrogens is 504 g/mol. The van der Waals surface area contributed by atoms with Gasteiger partial charge in [-0.05, 0) is 48.1 Å². The van der Waals surface area contributed by atoms with E-state index >= 15 is 0 Å². The van der Waals surface area contributed by atoms with Crippen molar-refractivity contribution in [1.82, 2.24) is 9.88 Å². The van der Waals surface area contributed by atoms with Crippen molar-refractivity contribution in [2.45, 2.75) is 25.2 Å². The molecule has 0 spiro atoms. The van der Waals surface area contributed by atoms with Gasteiger partial charge >= 0.3 is 0 Å². The van der Waals surface area contributed by atoms with Gasteiger partial charge in [-0.3, -0.25) is 9.59 Å². The Hall–Kier alpha value is -3.72. The topological polar surface area (TPSA) is 80.8 Å². The van der Waals surface area contributed by atoms with Crippen molar-refractivity contribution in [3.63, 3.8) is 0 Å². The van der Waals surface area contributed by atoms with Crippen LogP contribution in [0.15, 0.2) is 48.7 Å². The predicted octanol–water partition coefficient (Wildman–Crippen LogP) is 5.23. The summed E-state index contributed by atoms with van der Waals surface area (Å²) in [6, 6.07) is 11.7. The number of nitrogens with one attached hydrogen (secondary N) is 1. The van der Waals surface area contributed by atoms with Crippen LogP contribution in [-0.2, 0) is 11.2 Å². The molecule has 0 atom stereocenters. The molecule has 2 aromatic carbocycles. The van der Waals surface area contributed by atoms with Gasteiger partial charge < -0.3 is 19.7 Å². The van der Waals surface area contributed by atoms with E-state index in [9.17, 15) is 18.4 Å². The molecule has 0 bridgehead atoms. The van der Waals surface area contributed by atoms with Gasteiger partial charge in [0.2, 0.25) is 5.91 Å². The first-order chi connectivity index (χ1) is 17.8. The third-order valence-corrected chi connectivity index (χ3v) is 6.81. The van der Waals surface area contributed by atoms with E-state index in [1.54, 1.807) is 30.5 Å². The number of hydrogen-bond donors (Lipinski definition) is 1. The van der Waals surface area contributed by atoms with E-state index in [4.69, 9.17) is 21.1 Å². The van der Waals surface area contributed by atoms with E-state index in [1.807, 2.05) is 17.0 Å². The minimum Gasteiger partial charge on any atom is -0.494 e. The molecule has 2 heterocycles. The lowest BCUT2D eigenvalue weighted by Gasteiger charge is -2.32. The van der Waals surface area contributed by atoms with Crippen LogP contribution in [0.4, 0.5) is 14.5 Å². The number of nitrogens with zero attached hydrogens (tertiary/aromatic N) is 2. The predicted molar refractivity (Wildman–Crippen MR) is 135 cm³/mol. The van der Waals surface area contributed by atoms with Gasteiger partial charge in [0.1, 0.15) is 10.7 Å². The van der Waals surface area contributed by atoms with E-state index < -0.39 is 23.1 Å². The Labute approximate surface area is 218 Å². The SMILES string of the molecule is COc1cc(OC)c(F)c(C(=O)Nc2ccc(C3CCN(C(=O)Cc4cccnc4Cl)CC3)cc2)c1F. The maximum absolute atomic E-state index is 14.6. The highest BCUT2D eigenvalue weighted by Crippen LogP contribution is 2.33. The van der Waals surface area contributed by atoms with Crippen molar-refractivity contribution in [3.8, 4) is 11.5 Å². The van der Waals surface area contributed by atoms with E-state index in [-0.39, 0.29) is 29.7 Å². The smallest absolute Gasteiger partial charge is 0.261 e.